The van der Waals surface area contributed by atoms with Crippen LogP contribution in [-0.2, 0) is 4.79 Å². The Balaban J connectivity index is 1.89. The maximum absolute atomic E-state index is 12.0. The molecule has 1 heterocycles. The van der Waals surface area contributed by atoms with Gasteiger partial charge in [0.05, 0.1) is 0 Å². The first-order chi connectivity index (χ1) is 6.68. The van der Waals surface area contributed by atoms with Gasteiger partial charge < -0.3 is 10.2 Å². The Kier molecular flexibility index (Phi) is 2.77. The van der Waals surface area contributed by atoms with Crippen molar-refractivity contribution in [3.05, 3.63) is 0 Å². The monoisotopic (exact) mass is 196 g/mol. The third-order valence-corrected chi connectivity index (χ3v) is 3.40. The molecule has 0 radical (unpaired) electrons. The van der Waals surface area contributed by atoms with E-state index in [-0.39, 0.29) is 5.92 Å². The van der Waals surface area contributed by atoms with E-state index in [4.69, 9.17) is 0 Å². The molecule has 3 nitrogen and oxygen atoms in total. The first-order valence-electron chi connectivity index (χ1n) is 5.70. The van der Waals surface area contributed by atoms with E-state index in [9.17, 15) is 4.79 Å². The second-order valence-electron chi connectivity index (χ2n) is 4.77. The van der Waals surface area contributed by atoms with Crippen molar-refractivity contribution in [3.8, 4) is 0 Å². The molecule has 1 saturated carbocycles. The summed E-state index contributed by atoms with van der Waals surface area (Å²) < 4.78 is 0. The van der Waals surface area contributed by atoms with Gasteiger partial charge in [0, 0.05) is 31.6 Å². The molecule has 2 aliphatic rings. The minimum atomic E-state index is 0.264. The Labute approximate surface area is 85.8 Å². The predicted molar refractivity (Wildman–Crippen MR) is 55.9 cm³/mol. The van der Waals surface area contributed by atoms with Crippen LogP contribution in [0.25, 0.3) is 0 Å². The molecule has 80 valence electrons. The number of piperazine rings is 1. The van der Waals surface area contributed by atoms with E-state index < -0.39 is 0 Å². The van der Waals surface area contributed by atoms with E-state index >= 15 is 0 Å². The number of amides is 1. The quantitative estimate of drug-likeness (QED) is 0.710. The normalized spacial score (nSPS) is 30.1. The van der Waals surface area contributed by atoms with Gasteiger partial charge >= 0.3 is 0 Å². The summed E-state index contributed by atoms with van der Waals surface area (Å²) >= 11 is 0. The molecule has 14 heavy (non-hydrogen) atoms. The maximum atomic E-state index is 12.0. The summed E-state index contributed by atoms with van der Waals surface area (Å²) in [7, 11) is 0. The third kappa shape index (κ3) is 2.08. The number of rotatable bonds is 2. The number of nitrogens with one attached hydrogen (secondary N) is 1. The number of hydrogen-bond acceptors (Lipinski definition) is 2. The zero-order valence-electron chi connectivity index (χ0n) is 9.12. The third-order valence-electron chi connectivity index (χ3n) is 3.40. The Hall–Kier alpha value is -0.570. The second-order valence-corrected chi connectivity index (χ2v) is 4.77. The molecule has 0 bridgehead atoms. The van der Waals surface area contributed by atoms with E-state index in [1.165, 1.54) is 12.8 Å². The first kappa shape index (κ1) is 9.97. The van der Waals surface area contributed by atoms with Crippen molar-refractivity contribution in [1.29, 1.82) is 0 Å². The van der Waals surface area contributed by atoms with Crippen LogP contribution in [0.2, 0.25) is 0 Å². The van der Waals surface area contributed by atoms with Crippen molar-refractivity contribution in [2.75, 3.05) is 19.6 Å². The highest BCUT2D eigenvalue weighted by Gasteiger charge is 2.35. The molecule has 3 heteroatoms. The zero-order valence-corrected chi connectivity index (χ0v) is 9.12. The lowest BCUT2D eigenvalue weighted by Gasteiger charge is -2.33. The molecule has 0 spiro atoms. The van der Waals surface area contributed by atoms with E-state index in [0.717, 1.165) is 19.6 Å². The molecule has 1 saturated heterocycles. The van der Waals surface area contributed by atoms with Gasteiger partial charge in [-0.1, -0.05) is 6.92 Å². The summed E-state index contributed by atoms with van der Waals surface area (Å²) in [5.74, 6) is 1.33. The molecule has 0 aromatic rings. The van der Waals surface area contributed by atoms with Crippen molar-refractivity contribution < 1.29 is 4.79 Å². The summed E-state index contributed by atoms with van der Waals surface area (Å²) in [5, 5.41) is 3.36. The van der Waals surface area contributed by atoms with Crippen LogP contribution in [-0.4, -0.2) is 36.5 Å². The van der Waals surface area contributed by atoms with Crippen LogP contribution in [0.15, 0.2) is 0 Å². The highest BCUT2D eigenvalue weighted by Crippen LogP contribution is 2.37. The molecule has 1 amide bonds. The van der Waals surface area contributed by atoms with Gasteiger partial charge in [0.2, 0.25) is 5.91 Å². The first-order valence-corrected chi connectivity index (χ1v) is 5.70. The summed E-state index contributed by atoms with van der Waals surface area (Å²) in [5.41, 5.74) is 0. The number of nitrogens with zero attached hydrogens (tertiary/aromatic N) is 1. The minimum absolute atomic E-state index is 0.264. The smallest absolute Gasteiger partial charge is 0.225 e. The largest absolute Gasteiger partial charge is 0.340 e. The van der Waals surface area contributed by atoms with E-state index in [1.807, 2.05) is 4.90 Å². The fourth-order valence-corrected chi connectivity index (χ4v) is 2.22. The van der Waals surface area contributed by atoms with Crippen molar-refractivity contribution in [1.82, 2.24) is 10.2 Å². The van der Waals surface area contributed by atoms with Crippen LogP contribution in [0.5, 0.6) is 0 Å². The summed E-state index contributed by atoms with van der Waals surface area (Å²) in [6, 6.07) is 0.458. The van der Waals surface area contributed by atoms with Gasteiger partial charge in [-0.05, 0) is 25.7 Å². The van der Waals surface area contributed by atoms with Crippen molar-refractivity contribution in [2.45, 2.75) is 32.7 Å². The number of carbonyl (C=O) groups is 1. The molecule has 1 aliphatic carbocycles. The summed E-state index contributed by atoms with van der Waals surface area (Å²) in [4.78, 5) is 14.1. The molecular formula is C11H20N2O. The van der Waals surface area contributed by atoms with Gasteiger partial charge in [-0.25, -0.2) is 0 Å². The fourth-order valence-electron chi connectivity index (χ4n) is 2.22. The molecular weight excluding hydrogens is 176 g/mol. The Bertz CT molecular complexity index is 225. The summed E-state index contributed by atoms with van der Waals surface area (Å²) in [6.45, 7) is 6.95. The lowest BCUT2D eigenvalue weighted by molar-refractivity contribution is -0.136. The van der Waals surface area contributed by atoms with E-state index in [2.05, 4.69) is 19.2 Å². The van der Waals surface area contributed by atoms with Crippen LogP contribution in [0.1, 0.15) is 26.7 Å². The van der Waals surface area contributed by atoms with E-state index in [0.29, 0.717) is 17.9 Å². The molecule has 2 rings (SSSR count). The second kappa shape index (κ2) is 3.89. The van der Waals surface area contributed by atoms with Crippen molar-refractivity contribution in [2.24, 2.45) is 11.8 Å². The maximum Gasteiger partial charge on any atom is 0.225 e. The van der Waals surface area contributed by atoms with Gasteiger partial charge in [0.1, 0.15) is 0 Å². The molecule has 1 N–H and O–H groups in total. The Morgan fingerprint density at radius 3 is 2.79 bits per heavy atom. The Morgan fingerprint density at radius 1 is 1.50 bits per heavy atom. The van der Waals surface area contributed by atoms with Crippen LogP contribution in [0.3, 0.4) is 0 Å². The molecule has 1 unspecified atom stereocenters. The van der Waals surface area contributed by atoms with Crippen LogP contribution in [0, 0.1) is 11.8 Å². The predicted octanol–water partition coefficient (Wildman–Crippen LogP) is 0.853. The molecule has 2 atom stereocenters. The molecule has 1 aliphatic heterocycles. The lowest BCUT2D eigenvalue weighted by Crippen LogP contribution is -2.52. The van der Waals surface area contributed by atoms with Gasteiger partial charge in [-0.2, -0.15) is 0 Å². The van der Waals surface area contributed by atoms with E-state index in [1.54, 1.807) is 0 Å². The zero-order chi connectivity index (χ0) is 10.1. The van der Waals surface area contributed by atoms with Gasteiger partial charge in [-0.3, -0.25) is 4.79 Å². The van der Waals surface area contributed by atoms with Crippen molar-refractivity contribution in [3.63, 3.8) is 0 Å². The standard InChI is InChI=1S/C11H20N2O/c1-8-7-13(6-5-12-8)11(14)9(2)10-3-4-10/h8-10,12H,3-7H2,1-2H3/t8-,9?/m0/s1. The minimum Gasteiger partial charge on any atom is -0.340 e. The van der Waals surface area contributed by atoms with Gasteiger partial charge in [0.15, 0.2) is 0 Å². The highest BCUT2D eigenvalue weighted by atomic mass is 16.2. The SMILES string of the molecule is CC(C(=O)N1CCN[C@@H](C)C1)C1CC1. The molecule has 0 aromatic heterocycles. The summed E-state index contributed by atoms with van der Waals surface area (Å²) in [6.07, 6.45) is 2.52. The van der Waals surface area contributed by atoms with Gasteiger partial charge in [0.25, 0.3) is 0 Å². The molecule has 2 fully saturated rings. The average molecular weight is 196 g/mol. The topological polar surface area (TPSA) is 32.3 Å². The molecule has 0 aromatic carbocycles. The fraction of sp³-hybridized carbons (Fsp3) is 0.909. The van der Waals surface area contributed by atoms with Crippen LogP contribution < -0.4 is 5.32 Å². The highest BCUT2D eigenvalue weighted by molar-refractivity contribution is 5.79. The van der Waals surface area contributed by atoms with Crippen LogP contribution >= 0.6 is 0 Å². The number of carbonyl (C=O) groups excluding carboxylic acids is 1. The lowest BCUT2D eigenvalue weighted by atomic mass is 10.0. The van der Waals surface area contributed by atoms with Crippen LogP contribution in [0.4, 0.5) is 0 Å². The van der Waals surface area contributed by atoms with Gasteiger partial charge in [-0.15, -0.1) is 0 Å². The Morgan fingerprint density at radius 2 is 2.21 bits per heavy atom. The average Bonchev–Trinajstić information content (AvgIpc) is 2.99. The van der Waals surface area contributed by atoms with Crippen molar-refractivity contribution >= 4 is 5.91 Å². The number of hydrogen-bond donors (Lipinski definition) is 1.